The number of amidine groups is 1. The second kappa shape index (κ2) is 7.24. The predicted molar refractivity (Wildman–Crippen MR) is 107 cm³/mol. The van der Waals surface area contributed by atoms with Gasteiger partial charge >= 0.3 is 0 Å². The minimum atomic E-state index is -0.903. The van der Waals surface area contributed by atoms with Gasteiger partial charge in [-0.2, -0.15) is 4.39 Å². The number of halogens is 2. The second-order valence-electron chi connectivity index (χ2n) is 7.00. The zero-order valence-corrected chi connectivity index (χ0v) is 16.1. The SMILES string of the molecule is CCn1cc(C2=NC(C)C(c3ccc(F)cc3)(c3ccnc(F)c3)N2)ccc1=O. The molecule has 2 aromatic heterocycles. The van der Waals surface area contributed by atoms with Gasteiger partial charge in [-0.05, 0) is 55.3 Å². The van der Waals surface area contributed by atoms with Gasteiger partial charge in [0, 0.05) is 30.6 Å². The van der Waals surface area contributed by atoms with E-state index in [1.165, 1.54) is 30.5 Å². The Kier molecular flexibility index (Phi) is 4.74. The molecule has 4 rings (SSSR count). The van der Waals surface area contributed by atoms with Crippen LogP contribution in [0, 0.1) is 11.8 Å². The number of aryl methyl sites for hydroxylation is 1. The molecular weight excluding hydrogens is 374 g/mol. The lowest BCUT2D eigenvalue weighted by Gasteiger charge is -2.35. The Bertz CT molecular complexity index is 1140. The smallest absolute Gasteiger partial charge is 0.250 e. The third-order valence-corrected chi connectivity index (χ3v) is 5.34. The summed E-state index contributed by atoms with van der Waals surface area (Å²) in [4.78, 5) is 20.4. The number of aliphatic imine (C=N–C) groups is 1. The Morgan fingerprint density at radius 3 is 2.55 bits per heavy atom. The van der Waals surface area contributed by atoms with Crippen molar-refractivity contribution in [1.82, 2.24) is 14.9 Å². The van der Waals surface area contributed by atoms with Crippen molar-refractivity contribution in [2.24, 2.45) is 4.99 Å². The first kappa shape index (κ1) is 19.0. The molecule has 0 saturated carbocycles. The maximum atomic E-state index is 14.0. The van der Waals surface area contributed by atoms with Crippen molar-refractivity contribution >= 4 is 5.84 Å². The molecule has 0 aliphatic carbocycles. The van der Waals surface area contributed by atoms with Crippen LogP contribution in [-0.4, -0.2) is 21.4 Å². The van der Waals surface area contributed by atoms with Gasteiger partial charge in [-0.25, -0.2) is 9.37 Å². The molecule has 2 unspecified atom stereocenters. The normalized spacial score (nSPS) is 21.0. The molecule has 7 heteroatoms. The molecule has 1 aliphatic rings. The molecule has 2 atom stereocenters. The molecule has 0 spiro atoms. The summed E-state index contributed by atoms with van der Waals surface area (Å²) in [5.41, 5.74) is 1.13. The highest BCUT2D eigenvalue weighted by Gasteiger charge is 2.45. The van der Waals surface area contributed by atoms with E-state index in [0.29, 0.717) is 17.9 Å². The quantitative estimate of drug-likeness (QED) is 0.692. The number of benzene rings is 1. The number of hydrogen-bond acceptors (Lipinski definition) is 4. The van der Waals surface area contributed by atoms with Gasteiger partial charge < -0.3 is 9.88 Å². The molecule has 148 valence electrons. The van der Waals surface area contributed by atoms with Crippen LogP contribution in [0.2, 0.25) is 0 Å². The Morgan fingerprint density at radius 1 is 1.10 bits per heavy atom. The lowest BCUT2D eigenvalue weighted by molar-refractivity contribution is 0.429. The van der Waals surface area contributed by atoms with Gasteiger partial charge in [-0.15, -0.1) is 0 Å². The monoisotopic (exact) mass is 394 g/mol. The summed E-state index contributed by atoms with van der Waals surface area (Å²) in [5.74, 6) is -0.376. The second-order valence-corrected chi connectivity index (χ2v) is 7.00. The fourth-order valence-electron chi connectivity index (χ4n) is 3.83. The zero-order chi connectivity index (χ0) is 20.6. The van der Waals surface area contributed by atoms with Gasteiger partial charge in [0.25, 0.3) is 5.56 Å². The molecule has 1 aromatic carbocycles. The highest BCUT2D eigenvalue weighted by Crippen LogP contribution is 2.38. The van der Waals surface area contributed by atoms with Crippen molar-refractivity contribution < 1.29 is 8.78 Å². The van der Waals surface area contributed by atoms with Gasteiger partial charge in [0.15, 0.2) is 0 Å². The van der Waals surface area contributed by atoms with Crippen LogP contribution >= 0.6 is 0 Å². The summed E-state index contributed by atoms with van der Waals surface area (Å²) in [5, 5.41) is 3.44. The van der Waals surface area contributed by atoms with Crippen LogP contribution in [0.5, 0.6) is 0 Å². The number of aromatic nitrogens is 2. The average Bonchev–Trinajstić information content (AvgIpc) is 3.07. The van der Waals surface area contributed by atoms with Crippen molar-refractivity contribution in [3.05, 3.63) is 99.7 Å². The molecule has 0 bridgehead atoms. The van der Waals surface area contributed by atoms with Gasteiger partial charge in [0.1, 0.15) is 17.2 Å². The van der Waals surface area contributed by atoms with Crippen molar-refractivity contribution in [3.63, 3.8) is 0 Å². The lowest BCUT2D eigenvalue weighted by atomic mass is 9.78. The molecule has 5 nitrogen and oxygen atoms in total. The molecule has 1 aliphatic heterocycles. The van der Waals surface area contributed by atoms with E-state index in [2.05, 4.69) is 10.3 Å². The Morgan fingerprint density at radius 2 is 1.86 bits per heavy atom. The van der Waals surface area contributed by atoms with E-state index in [1.54, 1.807) is 35.0 Å². The van der Waals surface area contributed by atoms with Crippen molar-refractivity contribution in [3.8, 4) is 0 Å². The minimum Gasteiger partial charge on any atom is -0.354 e. The predicted octanol–water partition coefficient (Wildman–Crippen LogP) is 3.22. The standard InChI is InChI=1S/C22H20F2N4O/c1-3-28-13-15(4-9-20(28)29)21-26-14(2)22(27-21,16-5-7-18(23)8-6-16)17-10-11-25-19(24)12-17/h4-14H,3H2,1-2H3,(H,26,27). The Balaban J connectivity index is 1.85. The maximum Gasteiger partial charge on any atom is 0.250 e. The van der Waals surface area contributed by atoms with E-state index >= 15 is 0 Å². The van der Waals surface area contributed by atoms with Crippen LogP contribution in [-0.2, 0) is 12.1 Å². The van der Waals surface area contributed by atoms with Gasteiger partial charge in [0.05, 0.1) is 6.04 Å². The zero-order valence-electron chi connectivity index (χ0n) is 16.1. The summed E-state index contributed by atoms with van der Waals surface area (Å²) in [7, 11) is 0. The van der Waals surface area contributed by atoms with Crippen LogP contribution in [0.15, 0.2) is 70.7 Å². The van der Waals surface area contributed by atoms with Crippen LogP contribution in [0.4, 0.5) is 8.78 Å². The summed E-state index contributed by atoms with van der Waals surface area (Å²) in [6, 6.07) is 12.0. The molecule has 29 heavy (non-hydrogen) atoms. The summed E-state index contributed by atoms with van der Waals surface area (Å²) >= 11 is 0. The minimum absolute atomic E-state index is 0.0936. The first-order chi connectivity index (χ1) is 13.9. The lowest BCUT2D eigenvalue weighted by Crippen LogP contribution is -2.48. The van der Waals surface area contributed by atoms with Crippen LogP contribution in [0.25, 0.3) is 0 Å². The fourth-order valence-corrected chi connectivity index (χ4v) is 3.83. The molecule has 0 radical (unpaired) electrons. The van der Waals surface area contributed by atoms with Gasteiger partial charge in [-0.3, -0.25) is 9.79 Å². The highest BCUT2D eigenvalue weighted by molar-refractivity contribution is 6.01. The van der Waals surface area contributed by atoms with E-state index in [-0.39, 0.29) is 17.4 Å². The van der Waals surface area contributed by atoms with Gasteiger partial charge in [0.2, 0.25) is 5.95 Å². The van der Waals surface area contributed by atoms with E-state index in [9.17, 15) is 13.6 Å². The average molecular weight is 394 g/mol. The summed E-state index contributed by atoms with van der Waals surface area (Å²) in [6.45, 7) is 4.34. The first-order valence-electron chi connectivity index (χ1n) is 9.39. The Hall–Kier alpha value is -3.35. The molecule has 0 fully saturated rings. The topological polar surface area (TPSA) is 59.3 Å². The number of nitrogens with zero attached hydrogens (tertiary/aromatic N) is 3. The summed E-state index contributed by atoms with van der Waals surface area (Å²) in [6.07, 6.45) is 3.15. The highest BCUT2D eigenvalue weighted by atomic mass is 19.1. The molecule has 3 aromatic rings. The van der Waals surface area contributed by atoms with Crippen LogP contribution in [0.1, 0.15) is 30.5 Å². The van der Waals surface area contributed by atoms with Crippen LogP contribution in [0.3, 0.4) is 0 Å². The summed E-state index contributed by atoms with van der Waals surface area (Å²) < 4.78 is 29.2. The number of pyridine rings is 2. The van der Waals surface area contributed by atoms with Gasteiger partial charge in [-0.1, -0.05) is 12.1 Å². The number of hydrogen-bond donors (Lipinski definition) is 1. The molecule has 1 N–H and O–H groups in total. The molecular formula is C22H20F2N4O. The van der Waals surface area contributed by atoms with E-state index in [4.69, 9.17) is 4.99 Å². The van der Waals surface area contributed by atoms with Crippen LogP contribution < -0.4 is 10.9 Å². The van der Waals surface area contributed by atoms with Crippen molar-refractivity contribution in [1.29, 1.82) is 0 Å². The molecule has 0 amide bonds. The first-order valence-corrected chi connectivity index (χ1v) is 9.39. The molecule has 3 heterocycles. The molecule has 0 saturated heterocycles. The largest absolute Gasteiger partial charge is 0.354 e. The number of nitrogens with one attached hydrogen (secondary N) is 1. The van der Waals surface area contributed by atoms with E-state index < -0.39 is 11.5 Å². The van der Waals surface area contributed by atoms with E-state index in [0.717, 1.165) is 11.1 Å². The Labute approximate surface area is 166 Å². The number of rotatable bonds is 4. The van der Waals surface area contributed by atoms with Crippen molar-refractivity contribution in [2.45, 2.75) is 32.0 Å². The third-order valence-electron chi connectivity index (χ3n) is 5.34. The third kappa shape index (κ3) is 3.22. The van der Waals surface area contributed by atoms with Crippen molar-refractivity contribution in [2.75, 3.05) is 0 Å². The maximum absolute atomic E-state index is 14.0. The van der Waals surface area contributed by atoms with E-state index in [1.807, 2.05) is 13.8 Å². The fraction of sp³-hybridized carbons (Fsp3) is 0.227.